The molecular weight excluding hydrogens is 350 g/mol. The van der Waals surface area contributed by atoms with Crippen LogP contribution in [0.25, 0.3) is 0 Å². The summed E-state index contributed by atoms with van der Waals surface area (Å²) in [6.07, 6.45) is 7.20. The molecule has 6 nitrogen and oxygen atoms in total. The molecule has 1 amide bonds. The number of nitrogens with zero attached hydrogens (tertiary/aromatic N) is 2. The van der Waals surface area contributed by atoms with Crippen LogP contribution in [0.5, 0.6) is 0 Å². The van der Waals surface area contributed by atoms with E-state index < -0.39 is 4.92 Å². The van der Waals surface area contributed by atoms with Gasteiger partial charge in [0.1, 0.15) is 0 Å². The Labute approximate surface area is 159 Å². The lowest BCUT2D eigenvalue weighted by molar-refractivity contribution is -0.384. The molecule has 1 aliphatic carbocycles. The van der Waals surface area contributed by atoms with Crippen molar-refractivity contribution >= 4 is 23.4 Å². The van der Waals surface area contributed by atoms with Crippen LogP contribution in [-0.4, -0.2) is 47.2 Å². The number of rotatable bonds is 7. The van der Waals surface area contributed by atoms with Crippen LogP contribution in [-0.2, 0) is 4.79 Å². The molecule has 1 atom stereocenters. The van der Waals surface area contributed by atoms with Gasteiger partial charge in [0.2, 0.25) is 5.91 Å². The van der Waals surface area contributed by atoms with E-state index in [1.54, 1.807) is 12.1 Å². The van der Waals surface area contributed by atoms with E-state index in [1.807, 2.05) is 6.92 Å². The Morgan fingerprint density at radius 2 is 1.81 bits per heavy atom. The Morgan fingerprint density at radius 3 is 2.31 bits per heavy atom. The van der Waals surface area contributed by atoms with Gasteiger partial charge in [-0.25, -0.2) is 0 Å². The Morgan fingerprint density at radius 1 is 1.23 bits per heavy atom. The van der Waals surface area contributed by atoms with Crippen molar-refractivity contribution in [1.82, 2.24) is 10.2 Å². The largest absolute Gasteiger partial charge is 0.353 e. The first-order chi connectivity index (χ1) is 12.3. The zero-order chi connectivity index (χ0) is 19.2. The van der Waals surface area contributed by atoms with Gasteiger partial charge in [0.05, 0.1) is 10.2 Å². The second-order valence-corrected chi connectivity index (χ2v) is 8.68. The average Bonchev–Trinajstić information content (AvgIpc) is 2.86. The minimum atomic E-state index is -0.419. The van der Waals surface area contributed by atoms with Gasteiger partial charge in [-0.3, -0.25) is 14.9 Å². The highest BCUT2D eigenvalue weighted by molar-refractivity contribution is 8.00. The van der Waals surface area contributed by atoms with Gasteiger partial charge in [0.25, 0.3) is 5.69 Å². The summed E-state index contributed by atoms with van der Waals surface area (Å²) in [4.78, 5) is 26.0. The topological polar surface area (TPSA) is 75.5 Å². The molecule has 0 aromatic heterocycles. The number of carbonyl (C=O) groups excluding carboxylic acids is 1. The number of nitro benzene ring substituents is 1. The van der Waals surface area contributed by atoms with Gasteiger partial charge >= 0.3 is 0 Å². The molecule has 1 saturated carbocycles. The molecule has 1 aromatic rings. The molecule has 0 bridgehead atoms. The van der Waals surface area contributed by atoms with Gasteiger partial charge in [-0.2, -0.15) is 0 Å². The highest BCUT2D eigenvalue weighted by Crippen LogP contribution is 2.31. The zero-order valence-corrected chi connectivity index (χ0v) is 16.7. The number of non-ortho nitro benzene ring substituents is 1. The monoisotopic (exact) mass is 379 g/mol. The number of nitrogens with one attached hydrogen (secondary N) is 1. The summed E-state index contributed by atoms with van der Waals surface area (Å²) in [6.45, 7) is 2.54. The highest BCUT2D eigenvalue weighted by atomic mass is 32.2. The number of nitro groups is 1. The Bertz CT molecular complexity index is 611. The van der Waals surface area contributed by atoms with Crippen LogP contribution >= 0.6 is 11.8 Å². The molecule has 1 aliphatic rings. The number of carbonyl (C=O) groups is 1. The van der Waals surface area contributed by atoms with Crippen molar-refractivity contribution in [2.24, 2.45) is 0 Å². The highest BCUT2D eigenvalue weighted by Gasteiger charge is 2.33. The molecule has 0 radical (unpaired) electrons. The van der Waals surface area contributed by atoms with Crippen molar-refractivity contribution in [3.63, 3.8) is 0 Å². The Balaban J connectivity index is 1.92. The zero-order valence-electron chi connectivity index (χ0n) is 15.9. The number of hydrogen-bond acceptors (Lipinski definition) is 5. The minimum absolute atomic E-state index is 0.0128. The number of likely N-dealkylation sites (N-methyl/N-ethyl adjacent to an activating group) is 1. The second-order valence-electron chi connectivity index (χ2n) is 7.26. The summed E-state index contributed by atoms with van der Waals surface area (Å²) in [7, 11) is 4.21. The number of amides is 1. The number of benzene rings is 1. The predicted octanol–water partition coefficient (Wildman–Crippen LogP) is 3.85. The van der Waals surface area contributed by atoms with E-state index in [0.29, 0.717) is 6.54 Å². The Hall–Kier alpha value is -1.60. The van der Waals surface area contributed by atoms with E-state index in [9.17, 15) is 14.9 Å². The van der Waals surface area contributed by atoms with Crippen LogP contribution in [0.4, 0.5) is 5.69 Å². The van der Waals surface area contributed by atoms with E-state index in [-0.39, 0.29) is 22.4 Å². The van der Waals surface area contributed by atoms with Gasteiger partial charge < -0.3 is 10.2 Å². The minimum Gasteiger partial charge on any atom is -0.353 e. The fourth-order valence-corrected chi connectivity index (χ4v) is 4.36. The molecular formula is C19H29N3O3S. The van der Waals surface area contributed by atoms with Crippen molar-refractivity contribution in [3.05, 3.63) is 34.4 Å². The molecule has 0 saturated heterocycles. The lowest BCUT2D eigenvalue weighted by Crippen LogP contribution is -2.53. The van der Waals surface area contributed by atoms with Crippen molar-refractivity contribution < 1.29 is 9.72 Å². The average molecular weight is 380 g/mol. The molecule has 2 rings (SSSR count). The lowest BCUT2D eigenvalue weighted by Gasteiger charge is -2.40. The van der Waals surface area contributed by atoms with Crippen LogP contribution in [0.1, 0.15) is 45.4 Å². The molecule has 1 fully saturated rings. The summed E-state index contributed by atoms with van der Waals surface area (Å²) in [5.74, 6) is 0.0128. The van der Waals surface area contributed by atoms with Crippen LogP contribution in [0, 0.1) is 10.1 Å². The second kappa shape index (κ2) is 9.37. The first-order valence-corrected chi connectivity index (χ1v) is 10.1. The standard InChI is InChI=1S/C19H29N3O3S/c1-15(26-17-10-8-16(9-11-17)22(24)25)18(23)20-14-19(21(2)3)12-6-4-5-7-13-19/h8-11,15H,4-7,12-14H2,1-3H3,(H,20,23). The molecule has 1 unspecified atom stereocenters. The van der Waals surface area contributed by atoms with Gasteiger partial charge in [0.15, 0.2) is 0 Å². The SMILES string of the molecule is CC(Sc1ccc([N+](=O)[O-])cc1)C(=O)NCC1(N(C)C)CCCCCC1. The third-order valence-electron chi connectivity index (χ3n) is 5.30. The molecule has 0 heterocycles. The van der Waals surface area contributed by atoms with Crippen LogP contribution in [0.3, 0.4) is 0 Å². The molecule has 26 heavy (non-hydrogen) atoms. The number of hydrogen-bond donors (Lipinski definition) is 1. The van der Waals surface area contributed by atoms with Crippen molar-refractivity contribution in [2.75, 3.05) is 20.6 Å². The number of thioether (sulfide) groups is 1. The third-order valence-corrected chi connectivity index (χ3v) is 6.42. The van der Waals surface area contributed by atoms with Crippen LogP contribution < -0.4 is 5.32 Å². The molecule has 1 aromatic carbocycles. The first-order valence-electron chi connectivity index (χ1n) is 9.20. The summed E-state index contributed by atoms with van der Waals surface area (Å²) in [6, 6.07) is 6.33. The van der Waals surface area contributed by atoms with E-state index in [1.165, 1.54) is 49.6 Å². The maximum atomic E-state index is 12.6. The first kappa shape index (κ1) is 20.7. The summed E-state index contributed by atoms with van der Waals surface area (Å²) in [5.41, 5.74) is 0.108. The maximum Gasteiger partial charge on any atom is 0.269 e. The Kier molecular flexibility index (Phi) is 7.46. The summed E-state index contributed by atoms with van der Waals surface area (Å²) < 4.78 is 0. The fraction of sp³-hybridized carbons (Fsp3) is 0.632. The quantitative estimate of drug-likeness (QED) is 0.337. The molecule has 0 aliphatic heterocycles. The maximum absolute atomic E-state index is 12.6. The van der Waals surface area contributed by atoms with Gasteiger partial charge in [-0.1, -0.05) is 25.7 Å². The van der Waals surface area contributed by atoms with Crippen molar-refractivity contribution in [1.29, 1.82) is 0 Å². The van der Waals surface area contributed by atoms with E-state index in [4.69, 9.17) is 0 Å². The molecule has 144 valence electrons. The van der Waals surface area contributed by atoms with E-state index in [0.717, 1.165) is 17.7 Å². The third kappa shape index (κ3) is 5.45. The van der Waals surface area contributed by atoms with E-state index >= 15 is 0 Å². The van der Waals surface area contributed by atoms with Gasteiger partial charge in [-0.15, -0.1) is 11.8 Å². The normalized spacial score (nSPS) is 18.2. The molecule has 0 spiro atoms. The van der Waals surface area contributed by atoms with Crippen LogP contribution in [0.15, 0.2) is 29.2 Å². The fourth-order valence-electron chi connectivity index (χ4n) is 3.47. The van der Waals surface area contributed by atoms with E-state index in [2.05, 4.69) is 24.3 Å². The van der Waals surface area contributed by atoms with Gasteiger partial charge in [-0.05, 0) is 46.0 Å². The lowest BCUT2D eigenvalue weighted by atomic mass is 9.88. The smallest absolute Gasteiger partial charge is 0.269 e. The van der Waals surface area contributed by atoms with Crippen molar-refractivity contribution in [3.8, 4) is 0 Å². The van der Waals surface area contributed by atoms with Gasteiger partial charge in [0, 0.05) is 29.1 Å². The molecule has 7 heteroatoms. The summed E-state index contributed by atoms with van der Waals surface area (Å²) in [5, 5.41) is 13.6. The predicted molar refractivity (Wildman–Crippen MR) is 106 cm³/mol. The van der Waals surface area contributed by atoms with Crippen molar-refractivity contribution in [2.45, 2.75) is 61.1 Å². The summed E-state index contributed by atoms with van der Waals surface area (Å²) >= 11 is 1.42. The van der Waals surface area contributed by atoms with Crippen LogP contribution in [0.2, 0.25) is 0 Å². The molecule has 1 N–H and O–H groups in total.